The van der Waals surface area contributed by atoms with E-state index in [0.717, 1.165) is 24.4 Å². The Balaban J connectivity index is 1.92. The van der Waals surface area contributed by atoms with Crippen molar-refractivity contribution in [2.24, 2.45) is 0 Å². The lowest BCUT2D eigenvalue weighted by Gasteiger charge is -2.10. The normalized spacial score (nSPS) is 11.7. The Hall–Kier alpha value is -1.71. The number of nitrogens with zero attached hydrogens (tertiary/aromatic N) is 3. The summed E-state index contributed by atoms with van der Waals surface area (Å²) in [5, 5.41) is 11.0. The summed E-state index contributed by atoms with van der Waals surface area (Å²) in [7, 11) is 0.452. The SMILES string of the molecule is Cc1ccc(S(=O)(=O)Nc2ccc(NCCCN(C)C)nn2)s1. The van der Waals surface area contributed by atoms with Gasteiger partial charge in [0, 0.05) is 11.4 Å². The lowest BCUT2D eigenvalue weighted by molar-refractivity contribution is 0.405. The quantitative estimate of drug-likeness (QED) is 0.705. The van der Waals surface area contributed by atoms with E-state index in [1.54, 1.807) is 24.3 Å². The molecule has 0 spiro atoms. The first-order valence-corrected chi connectivity index (χ1v) is 9.48. The molecule has 0 radical (unpaired) electrons. The van der Waals surface area contributed by atoms with Gasteiger partial charge >= 0.3 is 0 Å². The summed E-state index contributed by atoms with van der Waals surface area (Å²) >= 11 is 1.22. The van der Waals surface area contributed by atoms with Gasteiger partial charge in [-0.1, -0.05) is 0 Å². The summed E-state index contributed by atoms with van der Waals surface area (Å²) in [6.45, 7) is 3.63. The zero-order valence-corrected chi connectivity index (χ0v) is 15.0. The second-order valence-electron chi connectivity index (χ2n) is 5.36. The Kier molecular flexibility index (Phi) is 5.91. The van der Waals surface area contributed by atoms with E-state index in [-0.39, 0.29) is 10.0 Å². The van der Waals surface area contributed by atoms with E-state index in [9.17, 15) is 8.42 Å². The van der Waals surface area contributed by atoms with E-state index >= 15 is 0 Å². The van der Waals surface area contributed by atoms with Gasteiger partial charge < -0.3 is 10.2 Å². The molecule has 2 aromatic heterocycles. The fourth-order valence-electron chi connectivity index (χ4n) is 1.84. The number of sulfonamides is 1. The molecular formula is C14H21N5O2S2. The van der Waals surface area contributed by atoms with Crippen LogP contribution in [-0.4, -0.2) is 50.7 Å². The predicted octanol–water partition coefficient (Wildman–Crippen LogP) is 2.01. The van der Waals surface area contributed by atoms with Crippen molar-refractivity contribution >= 4 is 33.0 Å². The minimum Gasteiger partial charge on any atom is -0.369 e. The maximum Gasteiger partial charge on any atom is 0.272 e. The summed E-state index contributed by atoms with van der Waals surface area (Å²) in [5.41, 5.74) is 0. The van der Waals surface area contributed by atoms with Crippen LogP contribution in [0.5, 0.6) is 0 Å². The summed E-state index contributed by atoms with van der Waals surface area (Å²) < 4.78 is 27.1. The summed E-state index contributed by atoms with van der Waals surface area (Å²) in [6.07, 6.45) is 0.987. The molecule has 2 aromatic rings. The van der Waals surface area contributed by atoms with Gasteiger partial charge in [-0.25, -0.2) is 8.42 Å². The molecule has 2 heterocycles. The van der Waals surface area contributed by atoms with Crippen molar-refractivity contribution in [3.63, 3.8) is 0 Å². The van der Waals surface area contributed by atoms with Crippen molar-refractivity contribution in [3.8, 4) is 0 Å². The van der Waals surface area contributed by atoms with Crippen LogP contribution in [0.15, 0.2) is 28.5 Å². The van der Waals surface area contributed by atoms with Crippen molar-refractivity contribution in [1.82, 2.24) is 15.1 Å². The number of aromatic nitrogens is 2. The number of anilines is 2. The van der Waals surface area contributed by atoms with Crippen molar-refractivity contribution < 1.29 is 8.42 Å². The molecule has 2 N–H and O–H groups in total. The smallest absolute Gasteiger partial charge is 0.272 e. The van der Waals surface area contributed by atoms with Crippen molar-refractivity contribution in [2.75, 3.05) is 37.2 Å². The number of aryl methyl sites for hydroxylation is 1. The molecule has 126 valence electrons. The maximum atomic E-state index is 12.2. The van der Waals surface area contributed by atoms with Crippen LogP contribution in [0.25, 0.3) is 0 Å². The zero-order valence-electron chi connectivity index (χ0n) is 13.4. The number of hydrogen-bond acceptors (Lipinski definition) is 7. The van der Waals surface area contributed by atoms with Crippen LogP contribution in [0, 0.1) is 6.92 Å². The average Bonchev–Trinajstić information content (AvgIpc) is 2.92. The number of rotatable bonds is 8. The fraction of sp³-hybridized carbons (Fsp3) is 0.429. The molecule has 0 fully saturated rings. The van der Waals surface area contributed by atoms with Gasteiger partial charge in [-0.15, -0.1) is 21.5 Å². The van der Waals surface area contributed by atoms with Gasteiger partial charge in [0.25, 0.3) is 10.0 Å². The Morgan fingerprint density at radius 1 is 1.13 bits per heavy atom. The van der Waals surface area contributed by atoms with Gasteiger partial charge in [-0.05, 0) is 58.3 Å². The molecular weight excluding hydrogens is 334 g/mol. The first-order valence-electron chi connectivity index (χ1n) is 7.18. The molecule has 0 unspecified atom stereocenters. The molecule has 0 saturated heterocycles. The predicted molar refractivity (Wildman–Crippen MR) is 93.6 cm³/mol. The van der Waals surface area contributed by atoms with E-state index in [4.69, 9.17) is 0 Å². The minimum atomic E-state index is -3.60. The molecule has 0 aliphatic carbocycles. The van der Waals surface area contributed by atoms with Gasteiger partial charge in [-0.3, -0.25) is 4.72 Å². The van der Waals surface area contributed by atoms with Crippen LogP contribution in [0.1, 0.15) is 11.3 Å². The van der Waals surface area contributed by atoms with E-state index in [0.29, 0.717) is 5.82 Å². The second-order valence-corrected chi connectivity index (χ2v) is 8.56. The van der Waals surface area contributed by atoms with Gasteiger partial charge in [-0.2, -0.15) is 0 Å². The van der Waals surface area contributed by atoms with Crippen LogP contribution in [0.4, 0.5) is 11.6 Å². The molecule has 9 heteroatoms. The van der Waals surface area contributed by atoms with E-state index < -0.39 is 10.0 Å². The Morgan fingerprint density at radius 2 is 1.83 bits per heavy atom. The molecule has 0 aliphatic heterocycles. The molecule has 23 heavy (non-hydrogen) atoms. The highest BCUT2D eigenvalue weighted by atomic mass is 32.2. The first-order chi connectivity index (χ1) is 10.9. The van der Waals surface area contributed by atoms with Gasteiger partial charge in [0.2, 0.25) is 0 Å². The van der Waals surface area contributed by atoms with E-state index in [1.165, 1.54) is 11.3 Å². The average molecular weight is 355 g/mol. The Bertz CT molecular complexity index is 726. The van der Waals surface area contributed by atoms with Crippen molar-refractivity contribution in [1.29, 1.82) is 0 Å². The largest absolute Gasteiger partial charge is 0.369 e. The molecule has 0 aromatic carbocycles. The summed E-state index contributed by atoms with van der Waals surface area (Å²) in [5.74, 6) is 0.827. The van der Waals surface area contributed by atoms with Gasteiger partial charge in [0.05, 0.1) is 0 Å². The van der Waals surface area contributed by atoms with Crippen molar-refractivity contribution in [2.45, 2.75) is 17.6 Å². The Labute approximate surface area is 140 Å². The topological polar surface area (TPSA) is 87.2 Å². The second kappa shape index (κ2) is 7.71. The molecule has 2 rings (SSSR count). The molecule has 0 bridgehead atoms. The number of thiophene rings is 1. The number of nitrogens with one attached hydrogen (secondary N) is 2. The first kappa shape index (κ1) is 17.6. The summed E-state index contributed by atoms with van der Waals surface area (Å²) in [6, 6.07) is 6.65. The lowest BCUT2D eigenvalue weighted by Crippen LogP contribution is -2.17. The third-order valence-corrected chi connectivity index (χ3v) is 5.82. The third-order valence-electron chi connectivity index (χ3n) is 2.97. The van der Waals surface area contributed by atoms with Crippen LogP contribution in [-0.2, 0) is 10.0 Å². The third kappa shape index (κ3) is 5.45. The zero-order chi connectivity index (χ0) is 16.9. The van der Waals surface area contributed by atoms with Crippen LogP contribution >= 0.6 is 11.3 Å². The van der Waals surface area contributed by atoms with Gasteiger partial charge in [0.15, 0.2) is 5.82 Å². The van der Waals surface area contributed by atoms with Crippen LogP contribution in [0.3, 0.4) is 0 Å². The molecule has 7 nitrogen and oxygen atoms in total. The van der Waals surface area contributed by atoms with E-state index in [1.807, 2.05) is 21.0 Å². The van der Waals surface area contributed by atoms with Crippen LogP contribution < -0.4 is 10.0 Å². The molecule has 0 amide bonds. The lowest BCUT2D eigenvalue weighted by atomic mass is 10.4. The highest BCUT2D eigenvalue weighted by Crippen LogP contribution is 2.22. The standard InChI is InChI=1S/C14H21N5O2S2/c1-11-5-8-14(22-11)23(20,21)18-13-7-6-12(16-17-13)15-9-4-10-19(2)3/h5-8H,4,9-10H2,1-3H3,(H,15,16)(H,17,18). The van der Waals surface area contributed by atoms with Gasteiger partial charge in [0.1, 0.15) is 10.0 Å². The Morgan fingerprint density at radius 3 is 2.39 bits per heavy atom. The highest BCUT2D eigenvalue weighted by Gasteiger charge is 2.17. The fourth-order valence-corrected chi connectivity index (χ4v) is 4.12. The van der Waals surface area contributed by atoms with Crippen molar-refractivity contribution in [3.05, 3.63) is 29.1 Å². The molecule has 0 atom stereocenters. The van der Waals surface area contributed by atoms with Crippen LogP contribution in [0.2, 0.25) is 0 Å². The molecule has 0 saturated carbocycles. The monoisotopic (exact) mass is 355 g/mol. The number of hydrogen-bond donors (Lipinski definition) is 2. The summed E-state index contributed by atoms with van der Waals surface area (Å²) in [4.78, 5) is 3.05. The maximum absolute atomic E-state index is 12.2. The highest BCUT2D eigenvalue weighted by molar-refractivity contribution is 7.94. The van der Waals surface area contributed by atoms with E-state index in [2.05, 4.69) is 25.1 Å². The molecule has 0 aliphatic rings. The minimum absolute atomic E-state index is 0.204.